The number of likely N-dealkylation sites (N-methyl/N-ethyl adjacent to an activating group) is 1. The Morgan fingerprint density at radius 1 is 1.17 bits per heavy atom. The van der Waals surface area contributed by atoms with Gasteiger partial charge in [0, 0.05) is 39.8 Å². The van der Waals surface area contributed by atoms with Crippen LogP contribution in [0.2, 0.25) is 0 Å². The Balaban J connectivity index is 0.00000300. The van der Waals surface area contributed by atoms with Gasteiger partial charge in [0.15, 0.2) is 5.96 Å². The standard InChI is InChI=1S/C21H31N5OS.HI/c1-22-21(26-13-11-25(12-14-26)20-6-5-15-28-20)23-16-19(24(2)3)17-7-9-18(27-4)10-8-17;/h5-10,15,19H,11-14,16H2,1-4H3,(H,22,23);1H. The summed E-state index contributed by atoms with van der Waals surface area (Å²) in [7, 11) is 7.78. The topological polar surface area (TPSA) is 43.3 Å². The van der Waals surface area contributed by atoms with Crippen LogP contribution in [0.15, 0.2) is 46.8 Å². The number of methoxy groups -OCH3 is 1. The van der Waals surface area contributed by atoms with E-state index in [0.29, 0.717) is 0 Å². The minimum atomic E-state index is 0. The molecule has 1 aliphatic rings. The lowest BCUT2D eigenvalue weighted by Crippen LogP contribution is -2.53. The van der Waals surface area contributed by atoms with Gasteiger partial charge in [0.1, 0.15) is 5.75 Å². The molecule has 1 aromatic carbocycles. The van der Waals surface area contributed by atoms with E-state index < -0.39 is 0 Å². The summed E-state index contributed by atoms with van der Waals surface area (Å²) >= 11 is 1.81. The van der Waals surface area contributed by atoms with Gasteiger partial charge in [-0.3, -0.25) is 4.99 Å². The monoisotopic (exact) mass is 529 g/mol. The average Bonchev–Trinajstić information content (AvgIpc) is 3.26. The van der Waals surface area contributed by atoms with Crippen LogP contribution in [0.4, 0.5) is 5.00 Å². The van der Waals surface area contributed by atoms with Crippen molar-refractivity contribution in [3.05, 3.63) is 47.3 Å². The largest absolute Gasteiger partial charge is 0.497 e. The third-order valence-electron chi connectivity index (χ3n) is 5.19. The van der Waals surface area contributed by atoms with Gasteiger partial charge >= 0.3 is 0 Å². The fourth-order valence-corrected chi connectivity index (χ4v) is 4.32. The number of benzene rings is 1. The zero-order valence-electron chi connectivity index (χ0n) is 17.7. The molecule has 8 heteroatoms. The lowest BCUT2D eigenvalue weighted by atomic mass is 10.1. The first kappa shape index (κ1) is 23.8. The van der Waals surface area contributed by atoms with Crippen LogP contribution in [0.1, 0.15) is 11.6 Å². The van der Waals surface area contributed by atoms with Gasteiger partial charge in [-0.25, -0.2) is 0 Å². The summed E-state index contributed by atoms with van der Waals surface area (Å²) in [5.74, 6) is 1.86. The van der Waals surface area contributed by atoms with Gasteiger partial charge in [0.05, 0.1) is 18.2 Å². The molecule has 3 rings (SSSR count). The molecule has 1 saturated heterocycles. The molecule has 29 heavy (non-hydrogen) atoms. The maximum Gasteiger partial charge on any atom is 0.193 e. The molecule has 0 bridgehead atoms. The van der Waals surface area contributed by atoms with Crippen molar-refractivity contribution in [1.82, 2.24) is 15.1 Å². The molecule has 160 valence electrons. The molecule has 2 aromatic rings. The number of aliphatic imine (C=N–C) groups is 1. The lowest BCUT2D eigenvalue weighted by Gasteiger charge is -2.37. The van der Waals surface area contributed by atoms with Crippen LogP contribution < -0.4 is 15.0 Å². The van der Waals surface area contributed by atoms with Crippen LogP contribution in [0.25, 0.3) is 0 Å². The summed E-state index contributed by atoms with van der Waals surface area (Å²) in [6, 6.07) is 12.9. The third kappa shape index (κ3) is 6.23. The van der Waals surface area contributed by atoms with Crippen molar-refractivity contribution in [2.45, 2.75) is 6.04 Å². The fourth-order valence-electron chi connectivity index (χ4n) is 3.53. The predicted molar refractivity (Wildman–Crippen MR) is 134 cm³/mol. The normalized spacial score (nSPS) is 15.8. The van der Waals surface area contributed by atoms with Crippen molar-refractivity contribution in [1.29, 1.82) is 0 Å². The van der Waals surface area contributed by atoms with Crippen molar-refractivity contribution in [2.75, 3.05) is 65.9 Å². The number of rotatable bonds is 6. The van der Waals surface area contributed by atoms with Crippen molar-refractivity contribution in [3.63, 3.8) is 0 Å². The maximum absolute atomic E-state index is 5.28. The number of nitrogens with one attached hydrogen (secondary N) is 1. The molecular weight excluding hydrogens is 497 g/mol. The highest BCUT2D eigenvalue weighted by molar-refractivity contribution is 14.0. The van der Waals surface area contributed by atoms with E-state index in [1.54, 1.807) is 7.11 Å². The molecule has 0 amide bonds. The van der Waals surface area contributed by atoms with E-state index in [2.05, 4.69) is 68.7 Å². The van der Waals surface area contributed by atoms with E-state index in [9.17, 15) is 0 Å². The van der Waals surface area contributed by atoms with Crippen molar-refractivity contribution in [2.24, 2.45) is 4.99 Å². The average molecular weight is 529 g/mol. The molecule has 1 unspecified atom stereocenters. The molecule has 1 atom stereocenters. The summed E-state index contributed by atoms with van der Waals surface area (Å²) in [5, 5.41) is 7.08. The van der Waals surface area contributed by atoms with Gasteiger partial charge in [0.2, 0.25) is 0 Å². The summed E-state index contributed by atoms with van der Waals surface area (Å²) < 4.78 is 5.28. The zero-order chi connectivity index (χ0) is 19.9. The van der Waals surface area contributed by atoms with Crippen molar-refractivity contribution >= 4 is 46.3 Å². The number of hydrogen-bond donors (Lipinski definition) is 1. The van der Waals surface area contributed by atoms with E-state index in [0.717, 1.165) is 44.4 Å². The second kappa shape index (κ2) is 11.6. The van der Waals surface area contributed by atoms with E-state index in [4.69, 9.17) is 4.74 Å². The van der Waals surface area contributed by atoms with Crippen molar-refractivity contribution < 1.29 is 4.74 Å². The Morgan fingerprint density at radius 2 is 1.86 bits per heavy atom. The first-order valence-corrected chi connectivity index (χ1v) is 10.5. The van der Waals surface area contributed by atoms with Gasteiger partial charge in [-0.1, -0.05) is 12.1 Å². The van der Waals surface area contributed by atoms with Gasteiger partial charge in [0.25, 0.3) is 0 Å². The van der Waals surface area contributed by atoms with Crippen LogP contribution in [-0.4, -0.2) is 76.7 Å². The molecule has 0 aliphatic carbocycles. The highest BCUT2D eigenvalue weighted by Gasteiger charge is 2.22. The zero-order valence-corrected chi connectivity index (χ0v) is 20.8. The first-order valence-electron chi connectivity index (χ1n) is 9.66. The molecule has 1 fully saturated rings. The van der Waals surface area contributed by atoms with Gasteiger partial charge in [-0.2, -0.15) is 0 Å². The Hall–Kier alpha value is -1.52. The van der Waals surface area contributed by atoms with Crippen molar-refractivity contribution in [3.8, 4) is 5.75 Å². The molecular formula is C21H32IN5OS. The van der Waals surface area contributed by atoms with Crippen LogP contribution in [-0.2, 0) is 0 Å². The number of hydrogen-bond acceptors (Lipinski definition) is 5. The number of ether oxygens (including phenoxy) is 1. The second-order valence-electron chi connectivity index (χ2n) is 7.11. The first-order chi connectivity index (χ1) is 13.6. The number of halogens is 1. The van der Waals surface area contributed by atoms with Gasteiger partial charge in [-0.15, -0.1) is 35.3 Å². The lowest BCUT2D eigenvalue weighted by molar-refractivity contribution is 0.292. The fraction of sp³-hybridized carbons (Fsp3) is 0.476. The predicted octanol–water partition coefficient (Wildman–Crippen LogP) is 3.38. The van der Waals surface area contributed by atoms with E-state index in [1.807, 2.05) is 30.5 Å². The van der Waals surface area contributed by atoms with E-state index in [-0.39, 0.29) is 30.0 Å². The summed E-state index contributed by atoms with van der Waals surface area (Å²) in [6.07, 6.45) is 0. The second-order valence-corrected chi connectivity index (χ2v) is 8.03. The molecule has 0 radical (unpaired) electrons. The molecule has 6 nitrogen and oxygen atoms in total. The highest BCUT2D eigenvalue weighted by atomic mass is 127. The summed E-state index contributed by atoms with van der Waals surface area (Å²) in [4.78, 5) is 11.6. The quantitative estimate of drug-likeness (QED) is 0.353. The molecule has 1 aliphatic heterocycles. The van der Waals surface area contributed by atoms with Crippen LogP contribution >= 0.6 is 35.3 Å². The number of piperazine rings is 1. The van der Waals surface area contributed by atoms with Crippen LogP contribution in [0.5, 0.6) is 5.75 Å². The number of guanidine groups is 1. The Labute approximate surface area is 195 Å². The highest BCUT2D eigenvalue weighted by Crippen LogP contribution is 2.23. The molecule has 1 aromatic heterocycles. The maximum atomic E-state index is 5.28. The Morgan fingerprint density at radius 3 is 2.38 bits per heavy atom. The Bertz CT molecular complexity index is 743. The minimum Gasteiger partial charge on any atom is -0.497 e. The van der Waals surface area contributed by atoms with Crippen LogP contribution in [0, 0.1) is 0 Å². The third-order valence-corrected chi connectivity index (χ3v) is 6.12. The summed E-state index contributed by atoms with van der Waals surface area (Å²) in [5.41, 5.74) is 1.26. The smallest absolute Gasteiger partial charge is 0.193 e. The van der Waals surface area contributed by atoms with E-state index in [1.165, 1.54) is 10.6 Å². The minimum absolute atomic E-state index is 0. The van der Waals surface area contributed by atoms with E-state index >= 15 is 0 Å². The number of thiophene rings is 1. The SMILES string of the molecule is CN=C(NCC(c1ccc(OC)cc1)N(C)C)N1CCN(c2cccs2)CC1.I. The van der Waals surface area contributed by atoms with Crippen LogP contribution in [0.3, 0.4) is 0 Å². The molecule has 1 N–H and O–H groups in total. The Kier molecular flexibility index (Phi) is 9.51. The molecule has 2 heterocycles. The van der Waals surface area contributed by atoms with Gasteiger partial charge in [-0.05, 0) is 49.3 Å². The molecule has 0 saturated carbocycles. The number of anilines is 1. The number of nitrogens with zero attached hydrogens (tertiary/aromatic N) is 4. The van der Waals surface area contributed by atoms with Gasteiger partial charge < -0.3 is 24.8 Å². The molecule has 0 spiro atoms. The summed E-state index contributed by atoms with van der Waals surface area (Å²) in [6.45, 7) is 4.81.